The fourth-order valence-corrected chi connectivity index (χ4v) is 5.26. The van der Waals surface area contributed by atoms with E-state index >= 15 is 0 Å². The highest BCUT2D eigenvalue weighted by Gasteiger charge is 2.45. The second kappa shape index (κ2) is 11.3. The Bertz CT molecular complexity index is 937. The molecule has 0 N–H and O–H groups in total. The molecule has 5 heteroatoms. The molecule has 0 unspecified atom stereocenters. The largest absolute Gasteiger partial charge is 0.493 e. The van der Waals surface area contributed by atoms with Crippen molar-refractivity contribution in [1.29, 1.82) is 0 Å². The van der Waals surface area contributed by atoms with Gasteiger partial charge in [0, 0.05) is 18.6 Å². The van der Waals surface area contributed by atoms with Gasteiger partial charge in [0.2, 0.25) is 0 Å². The summed E-state index contributed by atoms with van der Waals surface area (Å²) in [6.45, 7) is 11.0. The number of carbonyl (C=O) groups is 1. The normalized spacial score (nSPS) is 21.4. The topological polar surface area (TPSA) is 48.0 Å². The third kappa shape index (κ3) is 6.12. The van der Waals surface area contributed by atoms with Gasteiger partial charge >= 0.3 is 5.97 Å². The molecule has 1 aliphatic carbocycles. The van der Waals surface area contributed by atoms with Gasteiger partial charge in [-0.25, -0.2) is 0 Å². The molecule has 0 aliphatic heterocycles. The Morgan fingerprint density at radius 2 is 1.71 bits per heavy atom. The third-order valence-corrected chi connectivity index (χ3v) is 6.95. The zero-order chi connectivity index (χ0) is 24.9. The SMILES string of the molecule is CC[C@@H]1CC[C@H](C(=O)OC(C)(C)C)[C@@H]1N(Cc1ccc(OC)c(OC)c1)[C@H](C)c1ccccc1. The average molecular weight is 468 g/mol. The van der Waals surface area contributed by atoms with Crippen molar-refractivity contribution >= 4 is 5.97 Å². The van der Waals surface area contributed by atoms with E-state index in [1.54, 1.807) is 14.2 Å². The van der Waals surface area contributed by atoms with E-state index in [4.69, 9.17) is 14.2 Å². The lowest BCUT2D eigenvalue weighted by atomic mass is 9.90. The smallest absolute Gasteiger partial charge is 0.311 e. The van der Waals surface area contributed by atoms with Gasteiger partial charge in [0.15, 0.2) is 11.5 Å². The number of methoxy groups -OCH3 is 2. The van der Waals surface area contributed by atoms with E-state index in [0.717, 1.165) is 30.6 Å². The molecule has 1 aliphatic rings. The van der Waals surface area contributed by atoms with E-state index in [9.17, 15) is 4.79 Å². The highest BCUT2D eigenvalue weighted by atomic mass is 16.6. The summed E-state index contributed by atoms with van der Waals surface area (Å²) < 4.78 is 16.9. The van der Waals surface area contributed by atoms with Crippen LogP contribution in [0.5, 0.6) is 11.5 Å². The molecular formula is C29H41NO4. The van der Waals surface area contributed by atoms with Crippen molar-refractivity contribution in [3.05, 3.63) is 59.7 Å². The zero-order valence-corrected chi connectivity index (χ0v) is 21.8. The summed E-state index contributed by atoms with van der Waals surface area (Å²) in [7, 11) is 3.31. The fourth-order valence-electron chi connectivity index (χ4n) is 5.26. The molecule has 34 heavy (non-hydrogen) atoms. The van der Waals surface area contributed by atoms with Gasteiger partial charge in [0.1, 0.15) is 5.60 Å². The van der Waals surface area contributed by atoms with Crippen molar-refractivity contribution in [1.82, 2.24) is 4.90 Å². The van der Waals surface area contributed by atoms with Crippen LogP contribution in [-0.2, 0) is 16.1 Å². The van der Waals surface area contributed by atoms with Crippen LogP contribution >= 0.6 is 0 Å². The quantitative estimate of drug-likeness (QED) is 0.399. The summed E-state index contributed by atoms with van der Waals surface area (Å²) in [6.07, 6.45) is 2.94. The minimum absolute atomic E-state index is 0.0778. The lowest BCUT2D eigenvalue weighted by Crippen LogP contribution is -2.46. The minimum Gasteiger partial charge on any atom is -0.493 e. The van der Waals surface area contributed by atoms with Crippen molar-refractivity contribution in [3.63, 3.8) is 0 Å². The molecule has 3 rings (SSSR count). The maximum Gasteiger partial charge on any atom is 0.311 e. The molecule has 0 aromatic heterocycles. The molecule has 4 atom stereocenters. The summed E-state index contributed by atoms with van der Waals surface area (Å²) >= 11 is 0. The number of esters is 1. The fraction of sp³-hybridized carbons (Fsp3) is 0.552. The molecule has 186 valence electrons. The molecule has 0 saturated heterocycles. The van der Waals surface area contributed by atoms with Gasteiger partial charge in [0.25, 0.3) is 0 Å². The molecule has 0 bridgehead atoms. The number of carbonyl (C=O) groups excluding carboxylic acids is 1. The zero-order valence-electron chi connectivity index (χ0n) is 21.8. The van der Waals surface area contributed by atoms with Gasteiger partial charge in [-0.3, -0.25) is 9.69 Å². The van der Waals surface area contributed by atoms with E-state index in [2.05, 4.69) is 49.1 Å². The monoisotopic (exact) mass is 467 g/mol. The van der Waals surface area contributed by atoms with Crippen LogP contribution in [0.25, 0.3) is 0 Å². The number of hydrogen-bond acceptors (Lipinski definition) is 5. The molecule has 0 amide bonds. The third-order valence-electron chi connectivity index (χ3n) is 6.95. The Morgan fingerprint density at radius 3 is 2.29 bits per heavy atom. The van der Waals surface area contributed by atoms with Crippen LogP contribution in [-0.4, -0.2) is 36.7 Å². The molecule has 5 nitrogen and oxygen atoms in total. The number of ether oxygens (including phenoxy) is 3. The lowest BCUT2D eigenvalue weighted by molar-refractivity contribution is -0.162. The van der Waals surface area contributed by atoms with Gasteiger partial charge in [-0.2, -0.15) is 0 Å². The Kier molecular flexibility index (Phi) is 8.64. The maximum atomic E-state index is 13.3. The van der Waals surface area contributed by atoms with Crippen molar-refractivity contribution in [2.24, 2.45) is 11.8 Å². The minimum atomic E-state index is -0.495. The number of benzene rings is 2. The second-order valence-electron chi connectivity index (χ2n) is 10.3. The van der Waals surface area contributed by atoms with E-state index in [0.29, 0.717) is 18.2 Å². The van der Waals surface area contributed by atoms with Gasteiger partial charge in [-0.15, -0.1) is 0 Å². The van der Waals surface area contributed by atoms with Gasteiger partial charge < -0.3 is 14.2 Å². The first-order chi connectivity index (χ1) is 16.2. The first kappa shape index (κ1) is 26.1. The van der Waals surface area contributed by atoms with E-state index in [-0.39, 0.29) is 24.0 Å². The summed E-state index contributed by atoms with van der Waals surface area (Å²) in [6, 6.07) is 16.9. The first-order valence-electron chi connectivity index (χ1n) is 12.4. The number of rotatable bonds is 9. The van der Waals surface area contributed by atoms with Gasteiger partial charge in [-0.05, 0) is 69.7 Å². The van der Waals surface area contributed by atoms with Crippen LogP contribution in [0.4, 0.5) is 0 Å². The van der Waals surface area contributed by atoms with E-state index in [1.165, 1.54) is 5.56 Å². The Morgan fingerprint density at radius 1 is 1.03 bits per heavy atom. The standard InChI is InChI=1S/C29H41NO4/c1-8-22-15-16-24(28(31)34-29(3,4)5)27(22)30(20(2)23-12-10-9-11-13-23)19-21-14-17-25(32-6)26(18-21)33-7/h9-14,17-18,20,22,24,27H,8,15-16,19H2,1-7H3/t20-,22-,24+,27-/m1/s1. The van der Waals surface area contributed by atoms with E-state index in [1.807, 2.05) is 39.0 Å². The molecule has 2 aromatic rings. The molecule has 0 spiro atoms. The summed E-state index contributed by atoms with van der Waals surface area (Å²) in [4.78, 5) is 15.9. The van der Waals surface area contributed by atoms with Crippen LogP contribution < -0.4 is 9.47 Å². The lowest BCUT2D eigenvalue weighted by Gasteiger charge is -2.40. The Balaban J connectivity index is 2.01. The second-order valence-corrected chi connectivity index (χ2v) is 10.3. The molecule has 0 radical (unpaired) electrons. The van der Waals surface area contributed by atoms with Crippen molar-refractivity contribution in [2.45, 2.75) is 78.1 Å². The molecule has 1 fully saturated rings. The Hall–Kier alpha value is -2.53. The summed E-state index contributed by atoms with van der Waals surface area (Å²) in [5, 5.41) is 0. The van der Waals surface area contributed by atoms with Crippen molar-refractivity contribution in [2.75, 3.05) is 14.2 Å². The maximum absolute atomic E-state index is 13.3. The number of hydrogen-bond donors (Lipinski definition) is 0. The van der Waals surface area contributed by atoms with Crippen LogP contribution in [0.3, 0.4) is 0 Å². The predicted octanol–water partition coefficient (Wildman–Crippen LogP) is 6.41. The highest BCUT2D eigenvalue weighted by molar-refractivity contribution is 5.74. The Labute approximate surface area is 205 Å². The number of nitrogens with zero attached hydrogens (tertiary/aromatic N) is 1. The summed E-state index contributed by atoms with van der Waals surface area (Å²) in [5.74, 6) is 1.65. The van der Waals surface area contributed by atoms with E-state index < -0.39 is 5.60 Å². The van der Waals surface area contributed by atoms with Crippen LogP contribution in [0, 0.1) is 11.8 Å². The van der Waals surface area contributed by atoms with Crippen molar-refractivity contribution in [3.8, 4) is 11.5 Å². The van der Waals surface area contributed by atoms with Crippen LogP contribution in [0.15, 0.2) is 48.5 Å². The van der Waals surface area contributed by atoms with Crippen molar-refractivity contribution < 1.29 is 19.0 Å². The molecule has 1 saturated carbocycles. The predicted molar refractivity (Wildman–Crippen MR) is 136 cm³/mol. The summed E-state index contributed by atoms with van der Waals surface area (Å²) in [5.41, 5.74) is 1.88. The van der Waals surface area contributed by atoms with Gasteiger partial charge in [-0.1, -0.05) is 49.7 Å². The average Bonchev–Trinajstić information content (AvgIpc) is 3.25. The first-order valence-corrected chi connectivity index (χ1v) is 12.4. The molecule has 2 aromatic carbocycles. The molecular weight excluding hydrogens is 426 g/mol. The molecule has 0 heterocycles. The van der Waals surface area contributed by atoms with Crippen LogP contribution in [0.1, 0.15) is 71.0 Å². The van der Waals surface area contributed by atoms with Gasteiger partial charge in [0.05, 0.1) is 20.1 Å². The highest BCUT2D eigenvalue weighted by Crippen LogP contribution is 2.42. The van der Waals surface area contributed by atoms with Crippen LogP contribution in [0.2, 0.25) is 0 Å².